The van der Waals surface area contributed by atoms with Gasteiger partial charge in [-0.05, 0) is 24.7 Å². The number of anilines is 1. The van der Waals surface area contributed by atoms with Gasteiger partial charge in [-0.3, -0.25) is 4.79 Å². The monoisotopic (exact) mass is 230 g/mol. The summed E-state index contributed by atoms with van der Waals surface area (Å²) in [7, 11) is 1.88. The van der Waals surface area contributed by atoms with Crippen molar-refractivity contribution in [3.8, 4) is 0 Å². The number of benzene rings is 1. The number of carbonyl (C=O) groups is 1. The minimum absolute atomic E-state index is 0.191. The molecule has 1 aromatic carbocycles. The predicted molar refractivity (Wildman–Crippen MR) is 65.7 cm³/mol. The van der Waals surface area contributed by atoms with Gasteiger partial charge in [0.1, 0.15) is 5.69 Å². The van der Waals surface area contributed by atoms with Crippen LogP contribution in [-0.2, 0) is 6.54 Å². The molecule has 1 amide bonds. The number of hydrogen-bond acceptors (Lipinski definition) is 3. The molecule has 2 aromatic rings. The zero-order valence-corrected chi connectivity index (χ0v) is 9.53. The molecule has 0 saturated carbocycles. The number of nitrogens with one attached hydrogen (secondary N) is 3. The van der Waals surface area contributed by atoms with Crippen LogP contribution in [0.3, 0.4) is 0 Å². The average molecular weight is 230 g/mol. The lowest BCUT2D eigenvalue weighted by Crippen LogP contribution is -2.13. The Hall–Kier alpha value is -2.14. The Bertz CT molecular complexity index is 493. The lowest BCUT2D eigenvalue weighted by Gasteiger charge is -2.06. The number of nitrogens with zero attached hydrogens (tertiary/aromatic N) is 1. The van der Waals surface area contributed by atoms with Crippen LogP contribution in [0.5, 0.6) is 0 Å². The smallest absolute Gasteiger partial charge is 0.273 e. The van der Waals surface area contributed by atoms with Gasteiger partial charge in [0.2, 0.25) is 0 Å². The first-order chi connectivity index (χ1) is 8.29. The fraction of sp³-hybridized carbons (Fsp3) is 0.167. The summed E-state index contributed by atoms with van der Waals surface area (Å²) in [5, 5.41) is 5.87. The van der Waals surface area contributed by atoms with Gasteiger partial charge in [0.05, 0.1) is 12.5 Å². The normalized spacial score (nSPS) is 10.2. The fourth-order valence-electron chi connectivity index (χ4n) is 1.54. The molecule has 0 spiro atoms. The zero-order chi connectivity index (χ0) is 12.1. The summed E-state index contributed by atoms with van der Waals surface area (Å²) >= 11 is 0. The molecule has 1 aromatic heterocycles. The molecule has 5 heteroatoms. The second-order valence-corrected chi connectivity index (χ2v) is 3.65. The van der Waals surface area contributed by atoms with Gasteiger partial charge in [-0.15, -0.1) is 0 Å². The second-order valence-electron chi connectivity index (χ2n) is 3.65. The van der Waals surface area contributed by atoms with Crippen molar-refractivity contribution in [2.24, 2.45) is 0 Å². The molecule has 0 aliphatic rings. The number of hydrogen-bond donors (Lipinski definition) is 3. The minimum atomic E-state index is -0.191. The Balaban J connectivity index is 2.08. The van der Waals surface area contributed by atoms with Crippen molar-refractivity contribution in [3.63, 3.8) is 0 Å². The van der Waals surface area contributed by atoms with E-state index in [-0.39, 0.29) is 5.91 Å². The maximum absolute atomic E-state index is 11.7. The van der Waals surface area contributed by atoms with E-state index in [2.05, 4.69) is 20.6 Å². The van der Waals surface area contributed by atoms with Gasteiger partial charge in [-0.2, -0.15) is 0 Å². The van der Waals surface area contributed by atoms with E-state index in [1.807, 2.05) is 31.3 Å². The zero-order valence-electron chi connectivity index (χ0n) is 9.53. The van der Waals surface area contributed by atoms with Crippen LogP contribution < -0.4 is 10.6 Å². The van der Waals surface area contributed by atoms with Gasteiger partial charge in [-0.25, -0.2) is 4.98 Å². The van der Waals surface area contributed by atoms with Gasteiger partial charge in [0.15, 0.2) is 0 Å². The topological polar surface area (TPSA) is 69.8 Å². The van der Waals surface area contributed by atoms with Crippen LogP contribution in [0.1, 0.15) is 16.1 Å². The molecule has 0 fully saturated rings. The molecule has 88 valence electrons. The lowest BCUT2D eigenvalue weighted by atomic mass is 10.2. The molecule has 0 unspecified atom stereocenters. The molecule has 17 heavy (non-hydrogen) atoms. The van der Waals surface area contributed by atoms with Crippen molar-refractivity contribution >= 4 is 11.6 Å². The summed E-state index contributed by atoms with van der Waals surface area (Å²) in [6.07, 6.45) is 2.97. The Morgan fingerprint density at radius 1 is 1.47 bits per heavy atom. The number of aromatic amines is 1. The first-order valence-corrected chi connectivity index (χ1v) is 5.33. The number of H-pyrrole nitrogens is 1. The summed E-state index contributed by atoms with van der Waals surface area (Å²) in [4.78, 5) is 18.3. The SMILES string of the molecule is CNCc1cccc(NC(=O)c2cnc[nH]2)c1. The van der Waals surface area contributed by atoms with E-state index < -0.39 is 0 Å². The highest BCUT2D eigenvalue weighted by Crippen LogP contribution is 2.11. The predicted octanol–water partition coefficient (Wildman–Crippen LogP) is 1.38. The van der Waals surface area contributed by atoms with Crippen molar-refractivity contribution in [1.82, 2.24) is 15.3 Å². The van der Waals surface area contributed by atoms with Crippen LogP contribution in [0.25, 0.3) is 0 Å². The minimum Gasteiger partial charge on any atom is -0.341 e. The van der Waals surface area contributed by atoms with Crippen LogP contribution in [0.4, 0.5) is 5.69 Å². The first-order valence-electron chi connectivity index (χ1n) is 5.33. The Morgan fingerprint density at radius 2 is 2.35 bits per heavy atom. The largest absolute Gasteiger partial charge is 0.341 e. The van der Waals surface area contributed by atoms with Crippen molar-refractivity contribution in [2.45, 2.75) is 6.54 Å². The van der Waals surface area contributed by atoms with Crippen LogP contribution >= 0.6 is 0 Å². The Kier molecular flexibility index (Phi) is 3.52. The van der Waals surface area contributed by atoms with Crippen LogP contribution in [0, 0.1) is 0 Å². The molecule has 3 N–H and O–H groups in total. The maximum Gasteiger partial charge on any atom is 0.273 e. The van der Waals surface area contributed by atoms with E-state index >= 15 is 0 Å². The molecule has 0 radical (unpaired) electrons. The lowest BCUT2D eigenvalue weighted by molar-refractivity contribution is 0.102. The molecule has 5 nitrogen and oxygen atoms in total. The highest BCUT2D eigenvalue weighted by Gasteiger charge is 2.06. The van der Waals surface area contributed by atoms with E-state index in [0.29, 0.717) is 5.69 Å². The number of aromatic nitrogens is 2. The van der Waals surface area contributed by atoms with E-state index in [1.54, 1.807) is 0 Å². The average Bonchev–Trinajstić information content (AvgIpc) is 2.83. The molecule has 2 rings (SSSR count). The van der Waals surface area contributed by atoms with Crippen molar-refractivity contribution in [3.05, 3.63) is 48.0 Å². The highest BCUT2D eigenvalue weighted by atomic mass is 16.1. The maximum atomic E-state index is 11.7. The number of carbonyl (C=O) groups excluding carboxylic acids is 1. The Morgan fingerprint density at radius 3 is 3.06 bits per heavy atom. The molecule has 0 aliphatic carbocycles. The van der Waals surface area contributed by atoms with Gasteiger partial charge < -0.3 is 15.6 Å². The van der Waals surface area contributed by atoms with E-state index in [4.69, 9.17) is 0 Å². The van der Waals surface area contributed by atoms with E-state index in [9.17, 15) is 4.79 Å². The van der Waals surface area contributed by atoms with Crippen molar-refractivity contribution < 1.29 is 4.79 Å². The quantitative estimate of drug-likeness (QED) is 0.743. The standard InChI is InChI=1S/C12H14N4O/c1-13-6-9-3-2-4-10(5-9)16-12(17)11-7-14-8-15-11/h2-5,7-8,13H,6H2,1H3,(H,14,15)(H,16,17). The summed E-state index contributed by atoms with van der Waals surface area (Å²) in [5.74, 6) is -0.191. The Labute approximate surface area is 99.3 Å². The third-order valence-corrected chi connectivity index (χ3v) is 2.31. The van der Waals surface area contributed by atoms with Crippen molar-refractivity contribution in [2.75, 3.05) is 12.4 Å². The molecule has 0 atom stereocenters. The van der Waals surface area contributed by atoms with Gasteiger partial charge in [-0.1, -0.05) is 12.1 Å². The molecular formula is C12H14N4O. The second kappa shape index (κ2) is 5.27. The van der Waals surface area contributed by atoms with E-state index in [1.165, 1.54) is 12.5 Å². The summed E-state index contributed by atoms with van der Waals surface area (Å²) < 4.78 is 0. The third kappa shape index (κ3) is 2.92. The molecule has 0 aliphatic heterocycles. The number of rotatable bonds is 4. The fourth-order valence-corrected chi connectivity index (χ4v) is 1.54. The molecular weight excluding hydrogens is 216 g/mol. The summed E-state index contributed by atoms with van der Waals surface area (Å²) in [6, 6.07) is 7.70. The van der Waals surface area contributed by atoms with Crippen LogP contribution in [0.2, 0.25) is 0 Å². The van der Waals surface area contributed by atoms with Gasteiger partial charge >= 0.3 is 0 Å². The molecule has 0 bridgehead atoms. The van der Waals surface area contributed by atoms with Crippen molar-refractivity contribution in [1.29, 1.82) is 0 Å². The molecule has 0 saturated heterocycles. The number of amides is 1. The van der Waals surface area contributed by atoms with E-state index in [0.717, 1.165) is 17.8 Å². The highest BCUT2D eigenvalue weighted by molar-refractivity contribution is 6.02. The summed E-state index contributed by atoms with van der Waals surface area (Å²) in [5.41, 5.74) is 2.34. The van der Waals surface area contributed by atoms with Gasteiger partial charge in [0, 0.05) is 12.2 Å². The van der Waals surface area contributed by atoms with Crippen LogP contribution in [-0.4, -0.2) is 22.9 Å². The number of imidazole rings is 1. The summed E-state index contributed by atoms with van der Waals surface area (Å²) in [6.45, 7) is 0.772. The first kappa shape index (κ1) is 11.3. The van der Waals surface area contributed by atoms with Crippen LogP contribution in [0.15, 0.2) is 36.8 Å². The van der Waals surface area contributed by atoms with Gasteiger partial charge in [0.25, 0.3) is 5.91 Å². The molecule has 1 heterocycles. The third-order valence-electron chi connectivity index (χ3n) is 2.31.